The molecule has 0 aliphatic rings. The van der Waals surface area contributed by atoms with Crippen LogP contribution in [0.1, 0.15) is 11.1 Å². The summed E-state index contributed by atoms with van der Waals surface area (Å²) < 4.78 is 0. The molecule has 0 aromatic heterocycles. The van der Waals surface area contributed by atoms with E-state index in [2.05, 4.69) is 218 Å². The number of fused-ring (bicyclic) bond motifs is 4. The molecule has 0 nitrogen and oxygen atoms in total. The Morgan fingerprint density at radius 1 is 0.258 bits per heavy atom. The summed E-state index contributed by atoms with van der Waals surface area (Å²) in [4.78, 5) is 0. The van der Waals surface area contributed by atoms with E-state index in [1.54, 1.807) is 0 Å². The van der Waals surface area contributed by atoms with E-state index in [9.17, 15) is 0 Å². The molecule has 11 aromatic carbocycles. The number of benzene rings is 11. The topological polar surface area (TPSA) is 0 Å². The molecule has 0 fully saturated rings. The number of hydrogen-bond donors (Lipinski definition) is 0. The van der Waals surface area contributed by atoms with Crippen molar-refractivity contribution < 1.29 is 44.8 Å². The first kappa shape index (κ1) is 47.9. The number of hydrogen-bond acceptors (Lipinski definition) is 0. The average molecular weight is 1240 g/mol. The third-order valence-corrected chi connectivity index (χ3v) is 17.3. The zero-order valence-electron chi connectivity index (χ0n) is 35.9. The van der Waals surface area contributed by atoms with Crippen LogP contribution in [0, 0.1) is 24.7 Å². The largest absolute Gasteiger partial charge is 1.00 e. The van der Waals surface area contributed by atoms with Gasteiger partial charge in [-0.1, -0.05) is 181 Å². The monoisotopic (exact) mass is 1240 g/mol. The Labute approximate surface area is 422 Å². The average Bonchev–Trinajstić information content (AvgIpc) is 3.37. The molecule has 0 atom stereocenters. The molecule has 0 radical (unpaired) electrons. The fraction of sp³-hybridized carbons (Fsp3) is 0. The van der Waals surface area contributed by atoms with Gasteiger partial charge in [0.2, 0.25) is 0 Å². The Morgan fingerprint density at radius 3 is 0.818 bits per heavy atom. The molecule has 0 amide bonds. The fourth-order valence-corrected chi connectivity index (χ4v) is 14.4. The molecule has 66 heavy (non-hydrogen) atoms. The molecule has 0 saturated heterocycles. The van der Waals surface area contributed by atoms with Crippen LogP contribution < -0.4 is 31.8 Å². The zero-order valence-corrected chi connectivity index (χ0v) is 42.2. The SMILES string of the molecule is [Au+].[Au+].[C-]#Cc1cccc2cc3ccccc3cc12.[C-]#Cc1cccc2cc3ccccc3cc12.c1ccc([PH+](c2ccccc2)c2ccccc2[PH+](c2ccccc2)c2ccccc2)cc1. The Morgan fingerprint density at radius 2 is 0.515 bits per heavy atom. The van der Waals surface area contributed by atoms with Gasteiger partial charge in [0.15, 0.2) is 0 Å². The summed E-state index contributed by atoms with van der Waals surface area (Å²) in [5, 5.41) is 18.1. The van der Waals surface area contributed by atoms with E-state index < -0.39 is 15.8 Å². The first-order valence-electron chi connectivity index (χ1n) is 21.4. The first-order chi connectivity index (χ1) is 31.7. The second-order valence-electron chi connectivity index (χ2n) is 15.5. The van der Waals surface area contributed by atoms with E-state index >= 15 is 0 Å². The van der Waals surface area contributed by atoms with E-state index in [1.165, 1.54) is 53.4 Å². The maximum atomic E-state index is 7.28. The predicted molar refractivity (Wildman–Crippen MR) is 282 cm³/mol. The van der Waals surface area contributed by atoms with E-state index in [4.69, 9.17) is 12.8 Å². The maximum absolute atomic E-state index is 7.28. The molecule has 0 saturated carbocycles. The van der Waals surface area contributed by atoms with Gasteiger partial charge in [0.05, 0.1) is 0 Å². The standard InChI is InChI=1S/C30H24P2.2C16H9.2Au/c1-5-15-25(16-6-1)31(26-17-7-2-8-18-26)29-23-13-14-24-30(29)32(27-19-9-3-10-20-27)28-21-11-4-12-22-28;2*1-2-12-8-5-9-15-10-13-6-3-4-7-14(13)11-16(12)15;;/h1-24H;2*3-11H;;/q;2*-1;2*+1/p+2. The molecule has 11 aromatic rings. The van der Waals surface area contributed by atoms with Crippen molar-refractivity contribution in [1.29, 1.82) is 0 Å². The van der Waals surface area contributed by atoms with Crippen molar-refractivity contribution in [2.24, 2.45) is 0 Å². The molecule has 322 valence electrons. The van der Waals surface area contributed by atoms with Gasteiger partial charge in [-0.05, 0) is 105 Å². The van der Waals surface area contributed by atoms with Crippen LogP contribution in [0.2, 0.25) is 0 Å². The third kappa shape index (κ3) is 10.9. The molecule has 0 unspecified atom stereocenters. The van der Waals surface area contributed by atoms with Crippen LogP contribution in [0.15, 0.2) is 255 Å². The Kier molecular flexibility index (Phi) is 17.0. The van der Waals surface area contributed by atoms with Gasteiger partial charge in [-0.25, -0.2) is 0 Å². The maximum Gasteiger partial charge on any atom is 1.00 e. The second kappa shape index (κ2) is 23.4. The van der Waals surface area contributed by atoms with Crippen LogP contribution in [0.4, 0.5) is 0 Å². The van der Waals surface area contributed by atoms with Gasteiger partial charge in [-0.15, -0.1) is 23.3 Å². The van der Waals surface area contributed by atoms with Crippen molar-refractivity contribution in [2.45, 2.75) is 0 Å². The van der Waals surface area contributed by atoms with Gasteiger partial charge in [-0.2, -0.15) is 0 Å². The van der Waals surface area contributed by atoms with Crippen molar-refractivity contribution in [1.82, 2.24) is 0 Å². The molecule has 0 spiro atoms. The summed E-state index contributed by atoms with van der Waals surface area (Å²) in [6.07, 6.45) is 14.6. The zero-order chi connectivity index (χ0) is 43.5. The van der Waals surface area contributed by atoms with Gasteiger partial charge in [0.25, 0.3) is 0 Å². The van der Waals surface area contributed by atoms with Crippen molar-refractivity contribution in [3.05, 3.63) is 279 Å². The summed E-state index contributed by atoms with van der Waals surface area (Å²) in [7, 11) is -2.28. The van der Waals surface area contributed by atoms with Crippen LogP contribution in [0.25, 0.3) is 43.1 Å². The molecular formula is C62H44Au2P2+2. The molecule has 11 rings (SSSR count). The van der Waals surface area contributed by atoms with Crippen molar-refractivity contribution >= 4 is 90.8 Å². The second-order valence-corrected chi connectivity index (χ2v) is 20.3. The smallest absolute Gasteiger partial charge is 0.366 e. The summed E-state index contributed by atoms with van der Waals surface area (Å²) in [5.41, 5.74) is 1.70. The molecule has 0 N–H and O–H groups in total. The van der Waals surface area contributed by atoms with Crippen LogP contribution in [-0.2, 0) is 44.8 Å². The Balaban J connectivity index is 0.000000160. The van der Waals surface area contributed by atoms with Gasteiger partial charge in [0, 0.05) is 0 Å². The Bertz CT molecular complexity index is 3110. The molecular weight excluding hydrogens is 1200 g/mol. The van der Waals surface area contributed by atoms with E-state index in [0.29, 0.717) is 0 Å². The van der Waals surface area contributed by atoms with Gasteiger partial charge in [-0.3, -0.25) is 11.8 Å². The van der Waals surface area contributed by atoms with E-state index in [1.807, 2.05) is 48.5 Å². The molecule has 0 bridgehead atoms. The van der Waals surface area contributed by atoms with Crippen molar-refractivity contribution in [3.8, 4) is 11.8 Å². The summed E-state index contributed by atoms with van der Waals surface area (Å²) in [6, 6.07) is 90.5. The summed E-state index contributed by atoms with van der Waals surface area (Å²) >= 11 is 0. The molecule has 0 aliphatic heterocycles. The van der Waals surface area contributed by atoms with Crippen LogP contribution in [-0.4, -0.2) is 0 Å². The minimum atomic E-state index is -1.14. The minimum Gasteiger partial charge on any atom is -0.366 e. The summed E-state index contributed by atoms with van der Waals surface area (Å²) in [6.45, 7) is 0. The van der Waals surface area contributed by atoms with Gasteiger partial charge >= 0.3 is 44.8 Å². The molecule has 0 aliphatic carbocycles. The third-order valence-electron chi connectivity index (χ3n) is 11.5. The molecule has 0 heterocycles. The van der Waals surface area contributed by atoms with Gasteiger partial charge in [0.1, 0.15) is 47.7 Å². The predicted octanol–water partition coefficient (Wildman–Crippen LogP) is 12.5. The van der Waals surface area contributed by atoms with Crippen molar-refractivity contribution in [3.63, 3.8) is 0 Å². The first-order valence-corrected chi connectivity index (χ1v) is 24.4. The van der Waals surface area contributed by atoms with Crippen LogP contribution in [0.5, 0.6) is 0 Å². The normalized spacial score (nSPS) is 10.4. The molecule has 4 heteroatoms. The van der Waals surface area contributed by atoms with Crippen molar-refractivity contribution in [2.75, 3.05) is 0 Å². The minimum absolute atomic E-state index is 0. The fourth-order valence-electron chi connectivity index (χ4n) is 8.45. The van der Waals surface area contributed by atoms with E-state index in [-0.39, 0.29) is 44.8 Å². The van der Waals surface area contributed by atoms with Gasteiger partial charge < -0.3 is 12.8 Å². The van der Waals surface area contributed by atoms with E-state index in [0.717, 1.165) is 32.7 Å². The van der Waals surface area contributed by atoms with Crippen LogP contribution in [0.3, 0.4) is 0 Å². The van der Waals surface area contributed by atoms with Crippen LogP contribution >= 0.6 is 15.8 Å². The summed E-state index contributed by atoms with van der Waals surface area (Å²) in [5.74, 6) is 4.97. The Hall–Kier alpha value is -6.08. The quantitative estimate of drug-likeness (QED) is 0.0512. The number of rotatable bonds is 6.